The second-order valence-electron chi connectivity index (χ2n) is 4.67. The Hall–Kier alpha value is -1.00. The summed E-state index contributed by atoms with van der Waals surface area (Å²) in [4.78, 5) is 12.0. The summed E-state index contributed by atoms with van der Waals surface area (Å²) in [6, 6.07) is 8.65. The molecule has 18 heavy (non-hydrogen) atoms. The van der Waals surface area contributed by atoms with Gasteiger partial charge in [0, 0.05) is 29.5 Å². The van der Waals surface area contributed by atoms with Gasteiger partial charge < -0.3 is 11.1 Å². The fraction of sp³-hybridized carbons (Fsp3) is 0.500. The molecule has 3 nitrogen and oxygen atoms in total. The van der Waals surface area contributed by atoms with Crippen LogP contribution in [0.25, 0.3) is 0 Å². The lowest BCUT2D eigenvalue weighted by atomic mass is 10.0. The predicted molar refractivity (Wildman–Crippen MR) is 75.8 cm³/mol. The lowest BCUT2D eigenvalue weighted by Crippen LogP contribution is -2.23. The van der Waals surface area contributed by atoms with Crippen molar-refractivity contribution >= 4 is 17.7 Å². The maximum atomic E-state index is 10.6. The molecule has 0 bridgehead atoms. The van der Waals surface area contributed by atoms with Crippen molar-refractivity contribution in [2.24, 2.45) is 5.73 Å². The van der Waals surface area contributed by atoms with Crippen molar-refractivity contribution in [2.45, 2.75) is 30.1 Å². The van der Waals surface area contributed by atoms with Gasteiger partial charge in [0.25, 0.3) is 0 Å². The summed E-state index contributed by atoms with van der Waals surface area (Å²) in [5.74, 6) is 1.60. The molecule has 3 N–H and O–H groups in total. The van der Waals surface area contributed by atoms with Gasteiger partial charge in [-0.15, -0.1) is 11.8 Å². The minimum atomic E-state index is -0.198. The van der Waals surface area contributed by atoms with E-state index in [2.05, 4.69) is 29.6 Å². The normalized spacial score (nSPS) is 17.7. The quantitative estimate of drug-likeness (QED) is 0.742. The SMILES string of the molecule is NC(=O)CCCCNCC1CSc2ccccc21. The van der Waals surface area contributed by atoms with Gasteiger partial charge in [-0.1, -0.05) is 18.2 Å². The van der Waals surface area contributed by atoms with Crippen molar-refractivity contribution in [3.8, 4) is 0 Å². The zero-order chi connectivity index (χ0) is 12.8. The first kappa shape index (κ1) is 13.4. The van der Waals surface area contributed by atoms with Crippen molar-refractivity contribution in [3.63, 3.8) is 0 Å². The largest absolute Gasteiger partial charge is 0.370 e. The van der Waals surface area contributed by atoms with E-state index in [-0.39, 0.29) is 5.91 Å². The monoisotopic (exact) mass is 264 g/mol. The number of thioether (sulfide) groups is 1. The van der Waals surface area contributed by atoms with E-state index in [0.29, 0.717) is 12.3 Å². The molecule has 1 heterocycles. The molecule has 1 aliphatic heterocycles. The van der Waals surface area contributed by atoms with Crippen LogP contribution in [0.4, 0.5) is 0 Å². The summed E-state index contributed by atoms with van der Waals surface area (Å²) < 4.78 is 0. The van der Waals surface area contributed by atoms with Gasteiger partial charge in [-0.2, -0.15) is 0 Å². The summed E-state index contributed by atoms with van der Waals surface area (Å²) in [6.07, 6.45) is 2.41. The lowest BCUT2D eigenvalue weighted by Gasteiger charge is -2.11. The van der Waals surface area contributed by atoms with Crippen molar-refractivity contribution < 1.29 is 4.79 Å². The smallest absolute Gasteiger partial charge is 0.217 e. The van der Waals surface area contributed by atoms with Gasteiger partial charge in [-0.25, -0.2) is 0 Å². The van der Waals surface area contributed by atoms with Crippen LogP contribution in [-0.4, -0.2) is 24.7 Å². The fourth-order valence-electron chi connectivity index (χ4n) is 2.22. The van der Waals surface area contributed by atoms with Gasteiger partial charge in [-0.05, 0) is 31.0 Å². The molecule has 1 amide bonds. The van der Waals surface area contributed by atoms with E-state index in [1.165, 1.54) is 16.2 Å². The molecule has 1 aromatic carbocycles. The third-order valence-corrected chi connectivity index (χ3v) is 4.47. The van der Waals surface area contributed by atoms with Crippen molar-refractivity contribution in [2.75, 3.05) is 18.8 Å². The molecule has 0 radical (unpaired) electrons. The second-order valence-corrected chi connectivity index (χ2v) is 5.74. The highest BCUT2D eigenvalue weighted by Gasteiger charge is 2.21. The topological polar surface area (TPSA) is 55.1 Å². The number of carbonyl (C=O) groups excluding carboxylic acids is 1. The molecular weight excluding hydrogens is 244 g/mol. The molecule has 0 saturated carbocycles. The Balaban J connectivity index is 1.65. The first-order valence-corrected chi connectivity index (χ1v) is 7.46. The minimum Gasteiger partial charge on any atom is -0.370 e. The molecule has 1 unspecified atom stereocenters. The van der Waals surface area contributed by atoms with Gasteiger partial charge in [0.2, 0.25) is 5.91 Å². The third-order valence-electron chi connectivity index (χ3n) is 3.22. The number of amides is 1. The van der Waals surface area contributed by atoms with Gasteiger partial charge in [0.15, 0.2) is 0 Å². The highest BCUT2D eigenvalue weighted by atomic mass is 32.2. The molecule has 4 heteroatoms. The van der Waals surface area contributed by atoms with E-state index < -0.39 is 0 Å². The maximum Gasteiger partial charge on any atom is 0.217 e. The van der Waals surface area contributed by atoms with Gasteiger partial charge in [0.05, 0.1) is 0 Å². The molecular formula is C14H20N2OS. The van der Waals surface area contributed by atoms with Crippen molar-refractivity contribution in [3.05, 3.63) is 29.8 Å². The van der Waals surface area contributed by atoms with Gasteiger partial charge in [0.1, 0.15) is 0 Å². The number of rotatable bonds is 7. The Bertz CT molecular complexity index is 409. The average molecular weight is 264 g/mol. The second kappa shape index (κ2) is 6.81. The summed E-state index contributed by atoms with van der Waals surface area (Å²) in [5.41, 5.74) is 6.58. The number of benzene rings is 1. The molecule has 1 aromatic rings. The van der Waals surface area contributed by atoms with Gasteiger partial charge in [-0.3, -0.25) is 4.79 Å². The number of carbonyl (C=O) groups is 1. The summed E-state index contributed by atoms with van der Waals surface area (Å²) >= 11 is 1.95. The molecule has 98 valence electrons. The van der Waals surface area contributed by atoms with Crippen molar-refractivity contribution in [1.82, 2.24) is 5.32 Å². The minimum absolute atomic E-state index is 0.198. The van der Waals surface area contributed by atoms with E-state index in [0.717, 1.165) is 25.9 Å². The Morgan fingerprint density at radius 3 is 3.06 bits per heavy atom. The van der Waals surface area contributed by atoms with Crippen LogP contribution >= 0.6 is 11.8 Å². The summed E-state index contributed by atoms with van der Waals surface area (Å²) in [7, 11) is 0. The molecule has 0 saturated heterocycles. The number of unbranched alkanes of at least 4 members (excludes halogenated alkanes) is 1. The van der Waals surface area contributed by atoms with Crippen LogP contribution in [0.3, 0.4) is 0 Å². The average Bonchev–Trinajstić information content (AvgIpc) is 2.77. The predicted octanol–water partition coefficient (Wildman–Crippen LogP) is 2.12. The lowest BCUT2D eigenvalue weighted by molar-refractivity contribution is -0.118. The number of nitrogens with two attached hydrogens (primary N) is 1. The Morgan fingerprint density at radius 1 is 1.39 bits per heavy atom. The maximum absolute atomic E-state index is 10.6. The number of hydrogen-bond donors (Lipinski definition) is 2. The molecule has 0 spiro atoms. The Kier molecular flexibility index (Phi) is 5.08. The third kappa shape index (κ3) is 3.75. The van der Waals surface area contributed by atoms with Crippen LogP contribution in [0.2, 0.25) is 0 Å². The van der Waals surface area contributed by atoms with E-state index in [1.54, 1.807) is 0 Å². The van der Waals surface area contributed by atoms with Crippen LogP contribution in [-0.2, 0) is 4.79 Å². The van der Waals surface area contributed by atoms with Crippen LogP contribution in [0.5, 0.6) is 0 Å². The molecule has 1 atom stereocenters. The number of primary amides is 1. The van der Waals surface area contributed by atoms with Crippen LogP contribution in [0.1, 0.15) is 30.7 Å². The van der Waals surface area contributed by atoms with E-state index in [4.69, 9.17) is 5.73 Å². The fourth-order valence-corrected chi connectivity index (χ4v) is 3.48. The highest BCUT2D eigenvalue weighted by molar-refractivity contribution is 7.99. The van der Waals surface area contributed by atoms with E-state index >= 15 is 0 Å². The molecule has 2 rings (SSSR count). The zero-order valence-electron chi connectivity index (χ0n) is 10.5. The molecule has 1 aliphatic rings. The highest BCUT2D eigenvalue weighted by Crippen LogP contribution is 2.38. The summed E-state index contributed by atoms with van der Waals surface area (Å²) in [6.45, 7) is 2.00. The van der Waals surface area contributed by atoms with E-state index in [1.807, 2.05) is 11.8 Å². The standard InChI is InChI=1S/C14H20N2OS/c15-14(17)7-3-4-8-16-9-11-10-18-13-6-2-1-5-12(11)13/h1-2,5-6,11,16H,3-4,7-10H2,(H2,15,17). The Labute approximate surface area is 113 Å². The summed E-state index contributed by atoms with van der Waals surface area (Å²) in [5, 5.41) is 3.48. The first-order chi connectivity index (χ1) is 8.77. The number of hydrogen-bond acceptors (Lipinski definition) is 3. The Morgan fingerprint density at radius 2 is 2.22 bits per heavy atom. The van der Waals surface area contributed by atoms with Crippen molar-refractivity contribution in [1.29, 1.82) is 0 Å². The molecule has 0 aromatic heterocycles. The molecule has 0 fully saturated rings. The number of nitrogens with one attached hydrogen (secondary N) is 1. The molecule has 0 aliphatic carbocycles. The van der Waals surface area contributed by atoms with E-state index in [9.17, 15) is 4.79 Å². The zero-order valence-corrected chi connectivity index (χ0v) is 11.3. The van der Waals surface area contributed by atoms with Crippen LogP contribution in [0.15, 0.2) is 29.2 Å². The van der Waals surface area contributed by atoms with Crippen LogP contribution in [0, 0.1) is 0 Å². The first-order valence-electron chi connectivity index (χ1n) is 6.48. The van der Waals surface area contributed by atoms with Crippen LogP contribution < -0.4 is 11.1 Å². The van der Waals surface area contributed by atoms with Gasteiger partial charge >= 0.3 is 0 Å². The number of fused-ring (bicyclic) bond motifs is 1.